The predicted molar refractivity (Wildman–Crippen MR) is 107 cm³/mol. The molecule has 0 heterocycles. The number of carbonyl (C=O) groups is 2. The lowest BCUT2D eigenvalue weighted by Gasteiger charge is -2.20. The van der Waals surface area contributed by atoms with E-state index in [2.05, 4.69) is 5.32 Å². The van der Waals surface area contributed by atoms with E-state index in [4.69, 9.17) is 9.47 Å². The molecule has 150 valence electrons. The molecule has 0 unspecified atom stereocenters. The summed E-state index contributed by atoms with van der Waals surface area (Å²) >= 11 is 0. The molecule has 2 rings (SSSR count). The summed E-state index contributed by atoms with van der Waals surface area (Å²) < 4.78 is 10.4. The maximum Gasteiger partial charge on any atom is 0.412 e. The van der Waals surface area contributed by atoms with Crippen molar-refractivity contribution in [3.8, 4) is 5.75 Å². The first-order chi connectivity index (χ1) is 13.2. The van der Waals surface area contributed by atoms with E-state index in [0.717, 1.165) is 11.1 Å². The van der Waals surface area contributed by atoms with Crippen LogP contribution in [-0.4, -0.2) is 22.8 Å². The molecule has 28 heavy (non-hydrogen) atoms. The molecule has 6 heteroatoms. The highest BCUT2D eigenvalue weighted by Gasteiger charge is 2.17. The largest absolute Gasteiger partial charge is 0.506 e. The summed E-state index contributed by atoms with van der Waals surface area (Å²) in [7, 11) is 0. The molecule has 0 saturated carbocycles. The highest BCUT2D eigenvalue weighted by molar-refractivity contribution is 5.87. The fraction of sp³-hybridized carbons (Fsp3) is 0.364. The van der Waals surface area contributed by atoms with Gasteiger partial charge < -0.3 is 14.6 Å². The van der Waals surface area contributed by atoms with Gasteiger partial charge in [0.1, 0.15) is 18.0 Å². The summed E-state index contributed by atoms with van der Waals surface area (Å²) in [4.78, 5) is 23.7. The van der Waals surface area contributed by atoms with Crippen molar-refractivity contribution in [3.63, 3.8) is 0 Å². The summed E-state index contributed by atoms with van der Waals surface area (Å²) in [6.45, 7) is 5.56. The van der Waals surface area contributed by atoms with Gasteiger partial charge in [-0.2, -0.15) is 0 Å². The van der Waals surface area contributed by atoms with Crippen LogP contribution in [0.2, 0.25) is 0 Å². The van der Waals surface area contributed by atoms with Gasteiger partial charge in [0.15, 0.2) is 0 Å². The van der Waals surface area contributed by atoms with Crippen LogP contribution in [0, 0.1) is 0 Å². The van der Waals surface area contributed by atoms with Crippen LogP contribution in [0.5, 0.6) is 5.75 Å². The molecule has 1 amide bonds. The summed E-state index contributed by atoms with van der Waals surface area (Å²) in [5.41, 5.74) is 1.49. The number of hydrogen-bond donors (Lipinski definition) is 2. The SMILES string of the molecule is CC(C)(C)OC(=O)Nc1cc(CCCC(=O)OCc2ccccc2)ccc1O. The molecule has 2 aromatic rings. The molecule has 0 aromatic heterocycles. The fourth-order valence-corrected chi connectivity index (χ4v) is 2.50. The van der Waals surface area contributed by atoms with Gasteiger partial charge in [-0.1, -0.05) is 36.4 Å². The van der Waals surface area contributed by atoms with Crippen LogP contribution in [0.25, 0.3) is 0 Å². The Bertz CT molecular complexity index is 796. The zero-order valence-electron chi connectivity index (χ0n) is 16.5. The lowest BCUT2D eigenvalue weighted by Crippen LogP contribution is -2.27. The minimum atomic E-state index is -0.635. The Kier molecular flexibility index (Phi) is 7.44. The molecule has 0 aliphatic rings. The molecular weight excluding hydrogens is 358 g/mol. The van der Waals surface area contributed by atoms with E-state index in [1.54, 1.807) is 32.9 Å². The predicted octanol–water partition coefficient (Wildman–Crippen LogP) is 4.81. The van der Waals surface area contributed by atoms with Crippen molar-refractivity contribution in [3.05, 3.63) is 59.7 Å². The minimum absolute atomic E-state index is 0.0446. The van der Waals surface area contributed by atoms with Crippen LogP contribution < -0.4 is 5.32 Å². The average molecular weight is 385 g/mol. The number of nitrogens with one attached hydrogen (secondary N) is 1. The van der Waals surface area contributed by atoms with E-state index in [-0.39, 0.29) is 24.0 Å². The molecule has 2 N–H and O–H groups in total. The van der Waals surface area contributed by atoms with Crippen LogP contribution >= 0.6 is 0 Å². The number of ether oxygens (including phenoxy) is 2. The van der Waals surface area contributed by atoms with Crippen LogP contribution in [0.4, 0.5) is 10.5 Å². The Morgan fingerprint density at radius 2 is 1.75 bits per heavy atom. The number of amides is 1. The highest BCUT2D eigenvalue weighted by atomic mass is 16.6. The third-order valence-electron chi connectivity index (χ3n) is 3.79. The second-order valence-corrected chi connectivity index (χ2v) is 7.48. The molecule has 0 fully saturated rings. The van der Waals surface area contributed by atoms with Gasteiger partial charge in [-0.05, 0) is 56.9 Å². The number of hydrogen-bond acceptors (Lipinski definition) is 5. The highest BCUT2D eigenvalue weighted by Crippen LogP contribution is 2.25. The number of aryl methyl sites for hydroxylation is 1. The van der Waals surface area contributed by atoms with Crippen LogP contribution in [0.3, 0.4) is 0 Å². The Morgan fingerprint density at radius 1 is 1.04 bits per heavy atom. The minimum Gasteiger partial charge on any atom is -0.506 e. The van der Waals surface area contributed by atoms with Crippen LogP contribution in [0.1, 0.15) is 44.7 Å². The number of phenols is 1. The molecule has 6 nitrogen and oxygen atoms in total. The van der Waals surface area contributed by atoms with Crippen molar-refractivity contribution in [1.29, 1.82) is 0 Å². The lowest BCUT2D eigenvalue weighted by atomic mass is 10.1. The van der Waals surface area contributed by atoms with E-state index in [0.29, 0.717) is 19.3 Å². The monoisotopic (exact) mass is 385 g/mol. The summed E-state index contributed by atoms with van der Waals surface area (Å²) in [6, 6.07) is 14.5. The first-order valence-electron chi connectivity index (χ1n) is 9.24. The maximum absolute atomic E-state index is 11.9. The van der Waals surface area contributed by atoms with Gasteiger partial charge in [-0.25, -0.2) is 4.79 Å². The molecular formula is C22H27NO5. The number of aromatic hydroxyl groups is 1. The van der Waals surface area contributed by atoms with Crippen molar-refractivity contribution in [2.24, 2.45) is 0 Å². The summed E-state index contributed by atoms with van der Waals surface area (Å²) in [5, 5.41) is 12.5. The maximum atomic E-state index is 11.9. The normalized spacial score (nSPS) is 11.0. The number of carbonyl (C=O) groups excluding carboxylic acids is 2. The number of benzene rings is 2. The smallest absolute Gasteiger partial charge is 0.412 e. The fourth-order valence-electron chi connectivity index (χ4n) is 2.50. The van der Waals surface area contributed by atoms with Crippen molar-refractivity contribution >= 4 is 17.7 Å². The second kappa shape index (κ2) is 9.78. The summed E-state index contributed by atoms with van der Waals surface area (Å²) in [5.74, 6) is -0.299. The number of rotatable bonds is 7. The second-order valence-electron chi connectivity index (χ2n) is 7.48. The zero-order valence-corrected chi connectivity index (χ0v) is 16.5. The van der Waals surface area contributed by atoms with Gasteiger partial charge in [-0.15, -0.1) is 0 Å². The van der Waals surface area contributed by atoms with Gasteiger partial charge in [0.25, 0.3) is 0 Å². The number of esters is 1. The van der Waals surface area contributed by atoms with Crippen molar-refractivity contribution < 1.29 is 24.2 Å². The number of anilines is 1. The standard InChI is InChI=1S/C22H27NO5/c1-22(2,3)28-21(26)23-18-14-16(12-13-19(18)24)10-7-11-20(25)27-15-17-8-5-4-6-9-17/h4-6,8-9,12-14,24H,7,10-11,15H2,1-3H3,(H,23,26). The van der Waals surface area contributed by atoms with E-state index in [1.807, 2.05) is 30.3 Å². The Morgan fingerprint density at radius 3 is 2.43 bits per heavy atom. The van der Waals surface area contributed by atoms with E-state index >= 15 is 0 Å². The molecule has 0 radical (unpaired) electrons. The van der Waals surface area contributed by atoms with Gasteiger partial charge in [0.2, 0.25) is 0 Å². The van der Waals surface area contributed by atoms with E-state index in [1.165, 1.54) is 6.07 Å². The average Bonchev–Trinajstić information content (AvgIpc) is 2.62. The molecule has 0 spiro atoms. The van der Waals surface area contributed by atoms with Gasteiger partial charge in [0, 0.05) is 6.42 Å². The first kappa shape index (κ1) is 21.3. The van der Waals surface area contributed by atoms with Gasteiger partial charge in [0.05, 0.1) is 5.69 Å². The van der Waals surface area contributed by atoms with Crippen LogP contribution in [0.15, 0.2) is 48.5 Å². The van der Waals surface area contributed by atoms with Crippen LogP contribution in [-0.2, 0) is 27.3 Å². The molecule has 0 aliphatic heterocycles. The van der Waals surface area contributed by atoms with Gasteiger partial charge >= 0.3 is 12.1 Å². The van der Waals surface area contributed by atoms with Crippen molar-refractivity contribution in [2.45, 2.75) is 52.2 Å². The number of phenolic OH excluding ortho intramolecular Hbond substituents is 1. The molecule has 0 atom stereocenters. The first-order valence-corrected chi connectivity index (χ1v) is 9.24. The Labute approximate surface area is 165 Å². The van der Waals surface area contributed by atoms with Crippen molar-refractivity contribution in [1.82, 2.24) is 0 Å². The third-order valence-corrected chi connectivity index (χ3v) is 3.79. The Hall–Kier alpha value is -3.02. The molecule has 0 saturated heterocycles. The third kappa shape index (κ3) is 7.70. The summed E-state index contributed by atoms with van der Waals surface area (Å²) in [6.07, 6.45) is 0.876. The quantitative estimate of drug-likeness (QED) is 0.528. The van der Waals surface area contributed by atoms with E-state index < -0.39 is 11.7 Å². The zero-order chi connectivity index (χ0) is 20.6. The van der Waals surface area contributed by atoms with Crippen molar-refractivity contribution in [2.75, 3.05) is 5.32 Å². The lowest BCUT2D eigenvalue weighted by molar-refractivity contribution is -0.145. The molecule has 0 bridgehead atoms. The Balaban J connectivity index is 1.80. The molecule has 0 aliphatic carbocycles. The van der Waals surface area contributed by atoms with E-state index in [9.17, 15) is 14.7 Å². The van der Waals surface area contributed by atoms with Gasteiger partial charge in [-0.3, -0.25) is 10.1 Å². The topological polar surface area (TPSA) is 84.9 Å². The molecule has 2 aromatic carbocycles.